The molecule has 2 aromatic rings. The normalized spacial score (nSPS) is 11.5. The molecule has 2 aromatic carbocycles. The first-order valence-corrected chi connectivity index (χ1v) is 14.2. The van der Waals surface area contributed by atoms with Crippen molar-refractivity contribution in [2.75, 3.05) is 10.6 Å². The quantitative estimate of drug-likeness (QED) is 0.104. The Balaban J connectivity index is 0.00000684. The van der Waals surface area contributed by atoms with Crippen molar-refractivity contribution in [1.82, 2.24) is 10.6 Å². The Morgan fingerprint density at radius 2 is 1.03 bits per heavy atom. The molecule has 0 aliphatic rings. The van der Waals surface area contributed by atoms with Crippen molar-refractivity contribution in [1.29, 1.82) is 0 Å². The average Bonchev–Trinajstić information content (AvgIpc) is 2.70. The van der Waals surface area contributed by atoms with Crippen molar-refractivity contribution in [3.63, 3.8) is 0 Å². The first kappa shape index (κ1) is 37.4. The second-order valence-corrected chi connectivity index (χ2v) is 11.8. The van der Waals surface area contributed by atoms with Crippen LogP contribution < -0.4 is 80.4 Å². The topological polar surface area (TPSA) is 163 Å². The van der Waals surface area contributed by atoms with Crippen LogP contribution in [0.25, 0.3) is 12.2 Å². The van der Waals surface area contributed by atoms with Crippen molar-refractivity contribution < 1.29 is 85.1 Å². The SMILES string of the molecule is CC(C)NC(=S)Nc1ccc(/C=C/c2ccc(NC(=S)NC(C)C)cc2S(=O)(=O)[O-])c(S(=O)(=O)[O-])c1.[Na+].[Na+]. The average molecular weight is 617 g/mol. The van der Waals surface area contributed by atoms with E-state index in [4.69, 9.17) is 24.4 Å². The molecular formula is C22H26N4Na2O6S4. The predicted octanol–water partition coefficient (Wildman–Crippen LogP) is -2.94. The Labute approximate surface area is 278 Å². The molecule has 16 heteroatoms. The van der Waals surface area contributed by atoms with Crippen LogP contribution in [0.3, 0.4) is 0 Å². The van der Waals surface area contributed by atoms with Gasteiger partial charge in [0.15, 0.2) is 10.2 Å². The molecule has 2 rings (SSSR count). The molecule has 0 bridgehead atoms. The summed E-state index contributed by atoms with van der Waals surface area (Å²) in [6, 6.07) is 8.04. The molecule has 0 amide bonds. The fourth-order valence-corrected chi connectivity index (χ4v) is 5.07. The summed E-state index contributed by atoms with van der Waals surface area (Å²) in [7, 11) is -9.81. The summed E-state index contributed by atoms with van der Waals surface area (Å²) in [5.74, 6) is 0. The smallest absolute Gasteiger partial charge is 0.744 e. The number of hydrogen-bond acceptors (Lipinski definition) is 8. The molecule has 0 fully saturated rings. The maximum Gasteiger partial charge on any atom is 1.00 e. The maximum atomic E-state index is 11.9. The summed E-state index contributed by atoms with van der Waals surface area (Å²) in [5, 5.41) is 11.9. The van der Waals surface area contributed by atoms with E-state index in [0.717, 1.165) is 12.1 Å². The van der Waals surface area contributed by atoms with Crippen LogP contribution in [0.2, 0.25) is 0 Å². The van der Waals surface area contributed by atoms with Gasteiger partial charge in [0.2, 0.25) is 0 Å². The van der Waals surface area contributed by atoms with Crippen LogP contribution in [0.15, 0.2) is 46.2 Å². The van der Waals surface area contributed by atoms with Gasteiger partial charge < -0.3 is 30.4 Å². The predicted molar refractivity (Wildman–Crippen MR) is 147 cm³/mol. The van der Waals surface area contributed by atoms with E-state index in [1.54, 1.807) is 0 Å². The third kappa shape index (κ3) is 12.3. The Kier molecular flexibility index (Phi) is 15.7. The molecule has 0 saturated carbocycles. The Bertz CT molecular complexity index is 1290. The third-order valence-electron chi connectivity index (χ3n) is 4.36. The molecule has 0 aliphatic heterocycles. The molecule has 0 saturated heterocycles. The van der Waals surface area contributed by atoms with E-state index in [0.29, 0.717) is 0 Å². The largest absolute Gasteiger partial charge is 1.00 e. The zero-order valence-corrected chi connectivity index (χ0v) is 29.1. The number of anilines is 2. The van der Waals surface area contributed by atoms with Crippen molar-refractivity contribution in [2.24, 2.45) is 0 Å². The number of nitrogens with one attached hydrogen (secondary N) is 4. The van der Waals surface area contributed by atoms with Gasteiger partial charge in [-0.3, -0.25) is 0 Å². The Hall–Kier alpha value is -0.620. The minimum atomic E-state index is -4.90. The van der Waals surface area contributed by atoms with E-state index in [-0.39, 0.29) is 104 Å². The van der Waals surface area contributed by atoms with Gasteiger partial charge in [0.1, 0.15) is 20.2 Å². The van der Waals surface area contributed by atoms with E-state index in [2.05, 4.69) is 21.3 Å². The number of rotatable bonds is 8. The molecular weight excluding hydrogens is 591 g/mol. The Morgan fingerprint density at radius 3 is 1.29 bits per heavy atom. The summed E-state index contributed by atoms with van der Waals surface area (Å²) in [6.45, 7) is 7.46. The molecule has 0 spiro atoms. The molecule has 0 unspecified atom stereocenters. The van der Waals surface area contributed by atoms with Gasteiger partial charge in [-0.15, -0.1) is 0 Å². The standard InChI is InChI=1S/C22H28N4O6S4.2Na/c1-13(2)23-21(33)25-17-9-7-15(19(11-17)35(27,28)29)5-6-16-8-10-18(12-20(16)36(30,31)32)26-22(34)24-14(3)4;;/h5-14H,1-4H3,(H2,23,25,33)(H2,24,26,34)(H,27,28,29)(H,30,31,32);;/q;2*+1/p-2/b6-5+;;. The van der Waals surface area contributed by atoms with E-state index in [1.807, 2.05) is 27.7 Å². The number of thiocarbonyl (C=S) groups is 2. The molecule has 4 N–H and O–H groups in total. The molecule has 10 nitrogen and oxygen atoms in total. The fraction of sp³-hybridized carbons (Fsp3) is 0.273. The first-order chi connectivity index (χ1) is 16.6. The molecule has 0 atom stereocenters. The molecule has 38 heavy (non-hydrogen) atoms. The van der Waals surface area contributed by atoms with Gasteiger partial charge in [-0.2, -0.15) is 0 Å². The van der Waals surface area contributed by atoms with Crippen molar-refractivity contribution in [2.45, 2.75) is 49.6 Å². The van der Waals surface area contributed by atoms with Crippen LogP contribution in [0.4, 0.5) is 11.4 Å². The van der Waals surface area contributed by atoms with Gasteiger partial charge in [0.05, 0.1) is 9.79 Å². The summed E-state index contributed by atoms with van der Waals surface area (Å²) in [4.78, 5) is -1.10. The van der Waals surface area contributed by atoms with Crippen molar-refractivity contribution in [3.8, 4) is 0 Å². The van der Waals surface area contributed by atoms with Crippen LogP contribution in [0, 0.1) is 0 Å². The summed E-state index contributed by atoms with van der Waals surface area (Å²) < 4.78 is 71.4. The third-order valence-corrected chi connectivity index (χ3v) is 6.59. The zero-order valence-electron chi connectivity index (χ0n) is 21.9. The minimum Gasteiger partial charge on any atom is -0.744 e. The van der Waals surface area contributed by atoms with Gasteiger partial charge in [-0.1, -0.05) is 24.3 Å². The molecule has 196 valence electrons. The van der Waals surface area contributed by atoms with Gasteiger partial charge in [0.25, 0.3) is 0 Å². The van der Waals surface area contributed by atoms with Crippen LogP contribution in [-0.2, 0) is 20.2 Å². The van der Waals surface area contributed by atoms with Crippen LogP contribution in [0.1, 0.15) is 38.8 Å². The summed E-state index contributed by atoms with van der Waals surface area (Å²) in [5.41, 5.74) is 0.530. The molecule has 0 heterocycles. The Morgan fingerprint density at radius 1 is 0.711 bits per heavy atom. The second-order valence-electron chi connectivity index (χ2n) is 8.25. The number of benzene rings is 2. The van der Waals surface area contributed by atoms with E-state index in [9.17, 15) is 25.9 Å². The van der Waals surface area contributed by atoms with E-state index in [1.165, 1.54) is 36.4 Å². The second kappa shape index (κ2) is 16.0. The monoisotopic (exact) mass is 616 g/mol. The molecule has 0 aliphatic carbocycles. The summed E-state index contributed by atoms with van der Waals surface area (Å²) >= 11 is 10.3. The van der Waals surface area contributed by atoms with E-state index < -0.39 is 30.0 Å². The van der Waals surface area contributed by atoms with Crippen LogP contribution in [-0.4, -0.2) is 48.2 Å². The van der Waals surface area contributed by atoms with Crippen LogP contribution in [0.5, 0.6) is 0 Å². The summed E-state index contributed by atoms with van der Waals surface area (Å²) in [6.07, 6.45) is 2.47. The van der Waals surface area contributed by atoms with Crippen molar-refractivity contribution in [3.05, 3.63) is 47.5 Å². The first-order valence-electron chi connectivity index (χ1n) is 10.6. The van der Waals surface area contributed by atoms with Gasteiger partial charge in [0, 0.05) is 23.5 Å². The van der Waals surface area contributed by atoms with Gasteiger partial charge in [-0.05, 0) is 87.5 Å². The fourth-order valence-electron chi connectivity index (χ4n) is 2.97. The van der Waals surface area contributed by atoms with Gasteiger partial charge in [-0.25, -0.2) is 16.8 Å². The van der Waals surface area contributed by atoms with Crippen molar-refractivity contribution >= 4 is 78.4 Å². The molecule has 0 aromatic heterocycles. The minimum absolute atomic E-state index is 0. The number of hydrogen-bond donors (Lipinski definition) is 4. The molecule has 0 radical (unpaired) electrons. The van der Waals surface area contributed by atoms with Gasteiger partial charge >= 0.3 is 59.1 Å². The van der Waals surface area contributed by atoms with Crippen LogP contribution >= 0.6 is 24.4 Å². The maximum absolute atomic E-state index is 11.9. The van der Waals surface area contributed by atoms with E-state index >= 15 is 0 Å². The zero-order chi connectivity index (χ0) is 27.3.